The molecule has 4 aromatic heterocycles. The third-order valence-electron chi connectivity index (χ3n) is 7.01. The van der Waals surface area contributed by atoms with Crippen molar-refractivity contribution in [2.24, 2.45) is 0 Å². The van der Waals surface area contributed by atoms with Crippen molar-refractivity contribution in [3.05, 3.63) is 168 Å². The Morgan fingerprint density at radius 3 is 1.10 bits per heavy atom. The van der Waals surface area contributed by atoms with E-state index >= 15 is 0 Å². The number of aliphatic hydroxyl groups excluding tert-OH is 1. The summed E-state index contributed by atoms with van der Waals surface area (Å²) in [4.78, 5) is 27.3. The van der Waals surface area contributed by atoms with E-state index in [1.54, 1.807) is 54.9 Å². The molecular weight excluding hydrogens is 1140 g/mol. The van der Waals surface area contributed by atoms with Gasteiger partial charge in [-0.3, -0.25) is 19.9 Å². The molecule has 378 valence electrons. The molecule has 0 aliphatic heterocycles. The van der Waals surface area contributed by atoms with E-state index in [4.69, 9.17) is 38.7 Å². The zero-order chi connectivity index (χ0) is 49.4. The predicted molar refractivity (Wildman–Crippen MR) is 306 cm³/mol. The van der Waals surface area contributed by atoms with Crippen LogP contribution in [0.3, 0.4) is 0 Å². The van der Waals surface area contributed by atoms with Crippen LogP contribution in [0, 0.1) is 25.2 Å². The molecule has 0 spiro atoms. The number of alkyl halides is 2. The van der Waals surface area contributed by atoms with Gasteiger partial charge in [0.15, 0.2) is 0 Å². The van der Waals surface area contributed by atoms with Crippen LogP contribution in [0.1, 0.15) is 49.3 Å². The number of ether oxygens (including phenoxy) is 3. The van der Waals surface area contributed by atoms with E-state index in [0.717, 1.165) is 39.9 Å². The average molecular weight is 1210 g/mol. The number of pyridine rings is 4. The molecule has 8 rings (SSSR count). The van der Waals surface area contributed by atoms with Crippen LogP contribution in [0.4, 0.5) is 0 Å². The van der Waals surface area contributed by atoms with Crippen molar-refractivity contribution in [2.45, 2.75) is 36.1 Å². The van der Waals surface area contributed by atoms with Crippen molar-refractivity contribution in [2.75, 3.05) is 55.1 Å². The maximum atomic E-state index is 10.6. The molecule has 0 bridgehead atoms. The number of hydrogen-bond donors (Lipinski definition) is 2. The minimum absolute atomic E-state index is 0. The van der Waals surface area contributed by atoms with Gasteiger partial charge in [0, 0.05) is 96.1 Å². The Labute approximate surface area is 474 Å². The number of methoxy groups -OCH3 is 3. The van der Waals surface area contributed by atoms with Crippen LogP contribution in [-0.4, -0.2) is 99.9 Å². The Morgan fingerprint density at radius 2 is 0.814 bits per heavy atom. The third kappa shape index (κ3) is 38.1. The van der Waals surface area contributed by atoms with Gasteiger partial charge in [0.25, 0.3) is 0 Å². The van der Waals surface area contributed by atoms with Gasteiger partial charge in [-0.2, -0.15) is 5.26 Å². The summed E-state index contributed by atoms with van der Waals surface area (Å²) in [5.41, 5.74) is 7.12. The number of rotatable bonds is 1. The average Bonchev–Trinajstić information content (AvgIpc) is 3.31. The number of aryl methyl sites for hydroxylation is 2. The quantitative estimate of drug-likeness (QED) is 0.117. The molecule has 0 amide bonds. The van der Waals surface area contributed by atoms with Gasteiger partial charge in [-0.25, -0.2) is 4.79 Å². The first-order chi connectivity index (χ1) is 31.3. The van der Waals surface area contributed by atoms with Crippen molar-refractivity contribution >= 4 is 123 Å². The van der Waals surface area contributed by atoms with Crippen LogP contribution < -0.4 is 29.6 Å². The van der Waals surface area contributed by atoms with E-state index in [1.807, 2.05) is 103 Å². The second-order valence-electron chi connectivity index (χ2n) is 12.2. The van der Waals surface area contributed by atoms with Crippen molar-refractivity contribution in [3.8, 4) is 6.07 Å². The summed E-state index contributed by atoms with van der Waals surface area (Å²) in [6.45, 7) is 4.11. The number of nitriles is 1. The molecule has 3 N–H and O–H groups in total. The van der Waals surface area contributed by atoms with E-state index < -0.39 is 5.97 Å². The summed E-state index contributed by atoms with van der Waals surface area (Å²) in [7, 11) is 10.8. The van der Waals surface area contributed by atoms with Crippen molar-refractivity contribution in [1.29, 1.82) is 5.26 Å². The van der Waals surface area contributed by atoms with Gasteiger partial charge in [-0.05, 0) is 73.5 Å². The Morgan fingerprint density at radius 1 is 0.571 bits per heavy atom. The molecular formula is C51H68BBr3Cl2N5NaO7. The van der Waals surface area contributed by atoms with Crippen LogP contribution in [0.2, 0.25) is 0 Å². The SMILES string of the molecule is BrB(Br)Br.C.C.C.CO.COC.COC.COC.Cc1cnc2ccccc2c1.Cc1cnc2ccccc2c1.ClCCl.N#Cc1cnc2ccccc2c1.O=C(O)c1cnc2ccccc2c1.[Na+].[OH-]. The van der Waals surface area contributed by atoms with Crippen LogP contribution >= 0.6 is 70.5 Å². The van der Waals surface area contributed by atoms with Gasteiger partial charge in [0.2, 0.25) is 0 Å². The van der Waals surface area contributed by atoms with E-state index in [1.165, 1.54) is 28.1 Å². The molecule has 0 aliphatic carbocycles. The van der Waals surface area contributed by atoms with Gasteiger partial charge in [0.05, 0.1) is 38.5 Å². The second-order valence-corrected chi connectivity index (χ2v) is 19.5. The van der Waals surface area contributed by atoms with Crippen molar-refractivity contribution in [3.63, 3.8) is 0 Å². The number of nitrogens with zero attached hydrogens (tertiary/aromatic N) is 5. The monoisotopic (exact) mass is 1200 g/mol. The minimum atomic E-state index is -0.946. The van der Waals surface area contributed by atoms with E-state index in [0.29, 0.717) is 5.56 Å². The number of fused-ring (bicyclic) bond motifs is 4. The summed E-state index contributed by atoms with van der Waals surface area (Å²) in [5, 5.41) is 28.8. The largest absolute Gasteiger partial charge is 1.00 e. The number of aromatic carboxylic acids is 1. The Kier molecular flexibility index (Phi) is 61.1. The number of halogens is 5. The van der Waals surface area contributed by atoms with Gasteiger partial charge in [0.1, 0.15) is 6.07 Å². The van der Waals surface area contributed by atoms with Gasteiger partial charge >= 0.3 is 38.7 Å². The summed E-state index contributed by atoms with van der Waals surface area (Å²) >= 11 is 18.8. The molecule has 0 saturated carbocycles. The van der Waals surface area contributed by atoms with Crippen molar-refractivity contribution in [1.82, 2.24) is 19.9 Å². The standard InChI is InChI=1S/C10H6N2.C10H7NO2.2C10H9N.3C2H6O.CH2Cl2.CH4O.3CH4.BBr3.Na.H2O/c11-6-8-5-9-3-1-2-4-10(9)12-7-8;12-10(13)8-5-7-3-1-2-4-9(7)11-6-8;2*1-8-6-9-4-2-3-5-10(9)11-7-8;3*1-3-2;2-1-3;1-2;;;;2-1(3)4;;/h1-5,7H;1-6H,(H,12,13);2*2-7H,1H3;3*1-2H3;1H2;2H,1H3;3*1H4;;;1H2/q;;;;;;;;;;;;;+1;/p-1. The van der Waals surface area contributed by atoms with Crippen LogP contribution in [0.25, 0.3) is 43.6 Å². The zero-order valence-electron chi connectivity index (χ0n) is 39.2. The molecule has 12 nitrogen and oxygen atoms in total. The number of para-hydroxylation sites is 4. The molecule has 0 aliphatic rings. The Hall–Kier alpha value is -3.64. The fourth-order valence-corrected chi connectivity index (χ4v) is 4.68. The molecule has 8 aromatic rings. The minimum Gasteiger partial charge on any atom is -0.870 e. The smallest absolute Gasteiger partial charge is 0.870 e. The molecule has 0 unspecified atom stereocenters. The van der Waals surface area contributed by atoms with E-state index in [2.05, 4.69) is 126 Å². The number of aliphatic hydroxyl groups is 1. The fourth-order valence-electron chi connectivity index (χ4n) is 4.68. The molecule has 70 heavy (non-hydrogen) atoms. The maximum absolute atomic E-state index is 10.6. The third-order valence-corrected chi connectivity index (χ3v) is 7.01. The maximum Gasteiger partial charge on any atom is 1.00 e. The topological polar surface area (TPSA) is 191 Å². The summed E-state index contributed by atoms with van der Waals surface area (Å²) in [6.07, 6.45) is 6.73. The number of carbonyl (C=O) groups is 1. The van der Waals surface area contributed by atoms with Crippen molar-refractivity contribution < 1.29 is 64.3 Å². The van der Waals surface area contributed by atoms with Crippen LogP contribution in [-0.2, 0) is 14.2 Å². The molecule has 4 heterocycles. The molecule has 19 heteroatoms. The number of hydrogen-bond acceptors (Lipinski definition) is 11. The van der Waals surface area contributed by atoms with Gasteiger partial charge in [-0.15, -0.1) is 70.5 Å². The Bertz CT molecular complexity index is 2450. The van der Waals surface area contributed by atoms with Crippen LogP contribution in [0.15, 0.2) is 146 Å². The molecule has 0 saturated heterocycles. The Balaban J connectivity index is -0.000000133. The second kappa shape index (κ2) is 53.2. The van der Waals surface area contributed by atoms with Gasteiger partial charge < -0.3 is 29.9 Å². The summed E-state index contributed by atoms with van der Waals surface area (Å²) < 4.78 is 13.0. The molecule has 0 radical (unpaired) electrons. The van der Waals surface area contributed by atoms with Gasteiger partial charge in [-0.1, -0.05) is 95.1 Å². The first-order valence-corrected chi connectivity index (χ1v) is 22.8. The number of carboxylic acid groups (broad SMARTS) is 1. The van der Waals surface area contributed by atoms with E-state index in [9.17, 15) is 4.79 Å². The fraction of sp³-hybridized carbons (Fsp3) is 0.255. The normalized spacial score (nSPS) is 8.26. The number of benzene rings is 4. The number of aromatic nitrogens is 4. The molecule has 0 atom stereocenters. The first-order valence-electron chi connectivity index (χ1n) is 18.9. The summed E-state index contributed by atoms with van der Waals surface area (Å²) in [5.74, 6) is -0.946. The predicted octanol–water partition coefficient (Wildman–Crippen LogP) is 11.8. The first kappa shape index (κ1) is 80.5. The molecule has 0 fully saturated rings. The van der Waals surface area contributed by atoms with Crippen LogP contribution in [0.5, 0.6) is 0 Å². The summed E-state index contributed by atoms with van der Waals surface area (Å²) in [6, 6.07) is 41.2. The van der Waals surface area contributed by atoms with E-state index in [-0.39, 0.29) is 71.4 Å². The number of carboxylic acids is 1. The molecule has 4 aromatic carbocycles. The zero-order valence-corrected chi connectivity index (χ0v) is 47.5.